The molecule has 0 amide bonds. The highest BCUT2D eigenvalue weighted by molar-refractivity contribution is 6.12. The lowest BCUT2D eigenvalue weighted by Crippen LogP contribution is -2.00. The van der Waals surface area contributed by atoms with Crippen molar-refractivity contribution >= 4 is 40.4 Å². The summed E-state index contributed by atoms with van der Waals surface area (Å²) in [4.78, 5) is 9.66. The molecule has 0 unspecified atom stereocenters. The molecule has 0 atom stereocenters. The van der Waals surface area contributed by atoms with Crippen LogP contribution in [0.15, 0.2) is 230 Å². The van der Waals surface area contributed by atoms with E-state index in [1.807, 2.05) is 62.4 Å². The number of nitrogens with zero attached hydrogens (tertiary/aromatic N) is 2. The van der Waals surface area contributed by atoms with Crippen LogP contribution in [0.4, 0.5) is 0 Å². The van der Waals surface area contributed by atoms with E-state index in [2.05, 4.69) is 183 Å². The average Bonchev–Trinajstić information content (AvgIpc) is 3.26. The van der Waals surface area contributed by atoms with E-state index in [-0.39, 0.29) is 0 Å². The number of allylic oxidation sites excluding steroid dienone is 17. The molecule has 2 heteroatoms. The van der Waals surface area contributed by atoms with Gasteiger partial charge < -0.3 is 0 Å². The molecule has 0 heterocycles. The highest BCUT2D eigenvalue weighted by Gasteiger charge is 2.12. The maximum Gasteiger partial charge on any atom is 0.0716 e. The monoisotopic (exact) mass is 736 g/mol. The summed E-state index contributed by atoms with van der Waals surface area (Å²) in [6.07, 6.45) is 26.9. The molecule has 0 bridgehead atoms. The molecule has 0 fully saturated rings. The first-order valence-electron chi connectivity index (χ1n) is 19.2. The second kappa shape index (κ2) is 20.0. The summed E-state index contributed by atoms with van der Waals surface area (Å²) in [5, 5.41) is 0. The predicted molar refractivity (Wildman–Crippen MR) is 250 cm³/mol. The lowest BCUT2D eigenvalue weighted by molar-refractivity contribution is 1.07. The SMILES string of the molecule is C=C/C(=C\C=C/C)c1ccc(/C(=C/C(=NCc2ccc(C3=C/C(=C)c4ccccc4C(=C/C=C\C=C\C)/C=C\3)cc2)c2ccc(-c3ccccc3)cc2)N=C)cc1. The van der Waals surface area contributed by atoms with E-state index >= 15 is 0 Å². The van der Waals surface area contributed by atoms with Crippen LogP contribution in [-0.2, 0) is 6.54 Å². The molecular formula is C55H48N2. The van der Waals surface area contributed by atoms with Crippen LogP contribution in [0.2, 0.25) is 0 Å². The zero-order chi connectivity index (χ0) is 39.8. The topological polar surface area (TPSA) is 24.7 Å². The lowest BCUT2D eigenvalue weighted by Gasteiger charge is -2.15. The Hall–Kier alpha value is -7.16. The Morgan fingerprint density at radius 2 is 1.25 bits per heavy atom. The average molecular weight is 737 g/mol. The molecule has 5 aromatic carbocycles. The van der Waals surface area contributed by atoms with Crippen molar-refractivity contribution in [1.82, 2.24) is 0 Å². The van der Waals surface area contributed by atoms with Gasteiger partial charge in [-0.05, 0) is 99.5 Å². The van der Waals surface area contributed by atoms with Gasteiger partial charge in [0.05, 0.1) is 18.0 Å². The van der Waals surface area contributed by atoms with E-state index in [1.165, 1.54) is 5.56 Å². The van der Waals surface area contributed by atoms with Crippen LogP contribution in [0, 0.1) is 0 Å². The third kappa shape index (κ3) is 10.3. The van der Waals surface area contributed by atoms with Gasteiger partial charge in [0.1, 0.15) is 0 Å². The minimum atomic E-state index is 0.495. The standard InChI is InChI=1S/C55H48N2/c1-6-9-11-13-21-48-32-37-51(38-41(4)52-22-16-17-23-53(48)52)47-26-24-42(25-27-47)40-57-55(50-35-30-46(31-36-50)44-19-14-12-15-20-44)39-54(56-5)49-33-28-45(29-34-49)43(8-3)18-10-7-2/h6-39H,3-5,40H2,1-2H3/b9-6+,10-7-,13-11-,37-32-,43-18+,48-21+,51-38+,54-39-,57-55?. The highest BCUT2D eigenvalue weighted by Crippen LogP contribution is 2.33. The van der Waals surface area contributed by atoms with Gasteiger partial charge in [0.2, 0.25) is 0 Å². The Labute approximate surface area is 339 Å². The van der Waals surface area contributed by atoms with Crippen molar-refractivity contribution < 1.29 is 0 Å². The largest absolute Gasteiger partial charge is 0.280 e. The predicted octanol–water partition coefficient (Wildman–Crippen LogP) is 14.4. The summed E-state index contributed by atoms with van der Waals surface area (Å²) < 4.78 is 0. The number of benzene rings is 5. The van der Waals surface area contributed by atoms with E-state index in [4.69, 9.17) is 4.99 Å². The first-order chi connectivity index (χ1) is 28.0. The van der Waals surface area contributed by atoms with Gasteiger partial charge in [-0.3, -0.25) is 9.98 Å². The second-order valence-corrected chi connectivity index (χ2v) is 13.5. The van der Waals surface area contributed by atoms with Crippen molar-refractivity contribution in [3.63, 3.8) is 0 Å². The van der Waals surface area contributed by atoms with Crippen LogP contribution in [0.1, 0.15) is 52.8 Å². The molecule has 1 aliphatic rings. The number of aliphatic imine (C=N–C) groups is 2. The molecule has 0 saturated heterocycles. The lowest BCUT2D eigenvalue weighted by atomic mass is 9.89. The Morgan fingerprint density at radius 1 is 0.614 bits per heavy atom. The third-order valence-corrected chi connectivity index (χ3v) is 9.70. The van der Waals surface area contributed by atoms with Crippen LogP contribution in [0.3, 0.4) is 0 Å². The van der Waals surface area contributed by atoms with Gasteiger partial charge in [-0.25, -0.2) is 0 Å². The number of hydrogen-bond acceptors (Lipinski definition) is 2. The summed E-state index contributed by atoms with van der Waals surface area (Å²) in [5.41, 5.74) is 15.7. The van der Waals surface area contributed by atoms with Crippen molar-refractivity contribution in [2.45, 2.75) is 20.4 Å². The molecule has 0 radical (unpaired) electrons. The molecule has 6 rings (SSSR count). The molecule has 278 valence electrons. The highest BCUT2D eigenvalue weighted by atomic mass is 14.8. The van der Waals surface area contributed by atoms with Gasteiger partial charge in [-0.2, -0.15) is 0 Å². The quantitative estimate of drug-likeness (QED) is 0.0849. The molecular weight excluding hydrogens is 689 g/mol. The molecule has 2 nitrogen and oxygen atoms in total. The van der Waals surface area contributed by atoms with Crippen LogP contribution >= 0.6 is 0 Å². The van der Waals surface area contributed by atoms with E-state index in [0.717, 1.165) is 78.2 Å². The van der Waals surface area contributed by atoms with Crippen molar-refractivity contribution in [2.24, 2.45) is 9.98 Å². The zero-order valence-corrected chi connectivity index (χ0v) is 32.9. The van der Waals surface area contributed by atoms with Crippen molar-refractivity contribution in [2.75, 3.05) is 0 Å². The fourth-order valence-electron chi connectivity index (χ4n) is 6.59. The molecule has 0 saturated carbocycles. The summed E-state index contributed by atoms with van der Waals surface area (Å²) in [5.74, 6) is 0. The van der Waals surface area contributed by atoms with E-state index in [0.29, 0.717) is 6.54 Å². The number of hydrogen-bond donors (Lipinski definition) is 0. The summed E-state index contributed by atoms with van der Waals surface area (Å²) in [6.45, 7) is 16.9. The van der Waals surface area contributed by atoms with Gasteiger partial charge in [0.25, 0.3) is 0 Å². The molecule has 0 aliphatic heterocycles. The summed E-state index contributed by atoms with van der Waals surface area (Å²) in [6, 6.07) is 44.4. The summed E-state index contributed by atoms with van der Waals surface area (Å²) in [7, 11) is 0. The smallest absolute Gasteiger partial charge is 0.0716 e. The Morgan fingerprint density at radius 3 is 1.93 bits per heavy atom. The Bertz CT molecular complexity index is 2490. The minimum Gasteiger partial charge on any atom is -0.280 e. The van der Waals surface area contributed by atoms with E-state index < -0.39 is 0 Å². The first-order valence-corrected chi connectivity index (χ1v) is 19.2. The van der Waals surface area contributed by atoms with E-state index in [9.17, 15) is 0 Å². The van der Waals surface area contributed by atoms with Gasteiger partial charge in [-0.15, -0.1) is 0 Å². The van der Waals surface area contributed by atoms with Crippen molar-refractivity contribution in [3.8, 4) is 11.1 Å². The summed E-state index contributed by atoms with van der Waals surface area (Å²) >= 11 is 0. The molecule has 0 spiro atoms. The zero-order valence-electron chi connectivity index (χ0n) is 32.9. The fourth-order valence-corrected chi connectivity index (χ4v) is 6.59. The molecule has 5 aromatic rings. The third-order valence-electron chi connectivity index (χ3n) is 9.70. The second-order valence-electron chi connectivity index (χ2n) is 13.5. The van der Waals surface area contributed by atoms with Crippen LogP contribution < -0.4 is 0 Å². The fraction of sp³-hybridized carbons (Fsp3) is 0.0545. The van der Waals surface area contributed by atoms with Gasteiger partial charge in [0, 0.05) is 5.56 Å². The first kappa shape index (κ1) is 39.5. The van der Waals surface area contributed by atoms with Crippen molar-refractivity contribution in [1.29, 1.82) is 0 Å². The van der Waals surface area contributed by atoms with Gasteiger partial charge in [0.15, 0.2) is 0 Å². The van der Waals surface area contributed by atoms with Crippen molar-refractivity contribution in [3.05, 3.63) is 258 Å². The normalized spacial score (nSPS) is 16.0. The van der Waals surface area contributed by atoms with Crippen LogP contribution in [-0.4, -0.2) is 12.4 Å². The van der Waals surface area contributed by atoms with Crippen LogP contribution in [0.5, 0.6) is 0 Å². The van der Waals surface area contributed by atoms with E-state index in [1.54, 1.807) is 0 Å². The molecule has 57 heavy (non-hydrogen) atoms. The Kier molecular flexibility index (Phi) is 13.8. The Balaban J connectivity index is 1.31. The maximum atomic E-state index is 5.19. The number of rotatable bonds is 13. The van der Waals surface area contributed by atoms with Gasteiger partial charge in [-0.1, -0.05) is 207 Å². The van der Waals surface area contributed by atoms with Gasteiger partial charge >= 0.3 is 0 Å². The minimum absolute atomic E-state index is 0.495. The maximum absolute atomic E-state index is 5.19. The molecule has 0 N–H and O–H groups in total. The molecule has 1 aliphatic carbocycles. The van der Waals surface area contributed by atoms with Crippen LogP contribution in [0.25, 0.3) is 39.1 Å². The molecule has 0 aromatic heterocycles. The number of fused-ring (bicyclic) bond motifs is 1.